The van der Waals surface area contributed by atoms with Crippen molar-refractivity contribution in [2.75, 3.05) is 26.2 Å². The summed E-state index contributed by atoms with van der Waals surface area (Å²) in [7, 11) is 3.84. The fourth-order valence-electron chi connectivity index (χ4n) is 4.54. The van der Waals surface area contributed by atoms with Gasteiger partial charge in [-0.2, -0.15) is 10.2 Å². The van der Waals surface area contributed by atoms with Gasteiger partial charge in [0.1, 0.15) is 0 Å². The van der Waals surface area contributed by atoms with Crippen molar-refractivity contribution in [1.82, 2.24) is 29.8 Å². The summed E-state index contributed by atoms with van der Waals surface area (Å²) in [6.07, 6.45) is 4.55. The largest absolute Gasteiger partial charge is 0.369 e. The highest BCUT2D eigenvalue weighted by Gasteiger charge is 2.34. The lowest BCUT2D eigenvalue weighted by molar-refractivity contribution is -0.0750. The van der Waals surface area contributed by atoms with Crippen molar-refractivity contribution in [2.24, 2.45) is 14.1 Å². The van der Waals surface area contributed by atoms with Gasteiger partial charge in [-0.1, -0.05) is 74.5 Å². The number of hydrogen-bond acceptors (Lipinski definition) is 6. The van der Waals surface area contributed by atoms with Crippen LogP contribution in [0.4, 0.5) is 0 Å². The Bertz CT molecular complexity index is 1180. The zero-order chi connectivity index (χ0) is 27.5. The van der Waals surface area contributed by atoms with E-state index in [4.69, 9.17) is 9.47 Å². The van der Waals surface area contributed by atoms with Crippen molar-refractivity contribution in [3.05, 3.63) is 108 Å². The maximum atomic E-state index is 6.01. The molecule has 0 saturated carbocycles. The Morgan fingerprint density at radius 2 is 1.18 bits per heavy atom. The molecule has 0 amide bonds. The number of likely N-dealkylation sites (tertiary alicyclic amines) is 1. The maximum Gasteiger partial charge on any atom is 0.0911 e. The summed E-state index contributed by atoms with van der Waals surface area (Å²) in [5.74, 6) is 0. The first kappa shape index (κ1) is 31.5. The Labute approximate surface area is 244 Å². The number of aryl methyl sites for hydroxylation is 2. The number of benzene rings is 2. The lowest BCUT2D eigenvalue weighted by atomic mass is 9.94. The van der Waals surface area contributed by atoms with Crippen LogP contribution in [0, 0.1) is 0 Å². The first-order valence-corrected chi connectivity index (χ1v) is 13.9. The van der Waals surface area contributed by atoms with E-state index in [0.29, 0.717) is 19.3 Å². The predicted octanol–water partition coefficient (Wildman–Crippen LogP) is 4.77. The summed E-state index contributed by atoms with van der Waals surface area (Å²) in [5.41, 5.74) is 4.65. The van der Waals surface area contributed by atoms with Crippen molar-refractivity contribution in [3.8, 4) is 0 Å². The molecule has 2 aliphatic rings. The molecule has 0 radical (unpaired) electrons. The van der Waals surface area contributed by atoms with Crippen LogP contribution < -0.4 is 5.32 Å². The smallest absolute Gasteiger partial charge is 0.0911 e. The third-order valence-corrected chi connectivity index (χ3v) is 6.69. The van der Waals surface area contributed by atoms with E-state index < -0.39 is 0 Å². The Morgan fingerprint density at radius 3 is 1.55 bits per heavy atom. The molecule has 40 heavy (non-hydrogen) atoms. The minimum absolute atomic E-state index is 0. The van der Waals surface area contributed by atoms with Crippen molar-refractivity contribution in [2.45, 2.75) is 45.3 Å². The first-order chi connectivity index (χ1) is 19.1. The number of nitrogens with zero attached hydrogens (tertiary/aromatic N) is 5. The molecule has 2 saturated heterocycles. The molecule has 4 aromatic rings. The highest BCUT2D eigenvalue weighted by Crippen LogP contribution is 2.33. The van der Waals surface area contributed by atoms with Crippen molar-refractivity contribution in [3.63, 3.8) is 0 Å². The van der Waals surface area contributed by atoms with Crippen molar-refractivity contribution in [1.29, 1.82) is 0 Å². The van der Waals surface area contributed by atoms with Gasteiger partial charge in [0.25, 0.3) is 0 Å². The topological polar surface area (TPSA) is 69.4 Å². The summed E-state index contributed by atoms with van der Waals surface area (Å²) in [6, 6.07) is 25.7. The molecule has 2 fully saturated rings. The van der Waals surface area contributed by atoms with Crippen LogP contribution in [-0.4, -0.2) is 62.8 Å². The van der Waals surface area contributed by atoms with Gasteiger partial charge < -0.3 is 14.8 Å². The van der Waals surface area contributed by atoms with E-state index in [1.165, 1.54) is 11.1 Å². The number of hydrogen-bond donors (Lipinski definition) is 1. The molecule has 0 bridgehead atoms. The molecule has 2 aromatic carbocycles. The van der Waals surface area contributed by atoms with Gasteiger partial charge in [0.2, 0.25) is 0 Å². The minimum atomic E-state index is 0. The van der Waals surface area contributed by atoms with Gasteiger partial charge >= 0.3 is 0 Å². The normalized spacial score (nSPS) is 15.1. The van der Waals surface area contributed by atoms with Crippen LogP contribution in [0.1, 0.15) is 42.4 Å². The van der Waals surface area contributed by atoms with E-state index >= 15 is 0 Å². The molecule has 4 heterocycles. The molecule has 0 spiro atoms. The standard InChI is InChI=1S/C21H23N3O.C8H13N3O.C2H6.ClH/c1-23-13-12-19(22-23)16-25-20-14-24(15-20)21(17-8-4-2-5-9-17)18-10-6-3-7-11-18;1-11-3-2-7(10-11)6-12-8-4-9-5-8;1-2;/h2-13,20-21H,14-16H2,1H3;2-3,8-9H,4-6H2,1H3;1-2H3;1H. The number of aromatic nitrogens is 4. The fourth-order valence-corrected chi connectivity index (χ4v) is 4.54. The van der Waals surface area contributed by atoms with Crippen LogP contribution in [0.5, 0.6) is 0 Å². The molecule has 8 nitrogen and oxygen atoms in total. The average molecular weight is 567 g/mol. The number of halogens is 1. The Hall–Kier alpha value is -3.01. The first-order valence-electron chi connectivity index (χ1n) is 13.9. The SMILES string of the molecule is CC.Cl.Cn1ccc(COC2CN(C(c3ccccc3)c3ccccc3)C2)n1.Cn1ccc(COC2CNC2)n1. The third-order valence-electron chi connectivity index (χ3n) is 6.69. The average Bonchev–Trinajstić information content (AvgIpc) is 3.54. The molecule has 2 aromatic heterocycles. The van der Waals surface area contributed by atoms with Crippen LogP contribution in [0.2, 0.25) is 0 Å². The molecule has 0 unspecified atom stereocenters. The van der Waals surface area contributed by atoms with Crippen LogP contribution in [0.15, 0.2) is 85.2 Å². The lowest BCUT2D eigenvalue weighted by Gasteiger charge is -2.44. The second-order valence-electron chi connectivity index (χ2n) is 9.66. The van der Waals surface area contributed by atoms with Gasteiger partial charge in [0.05, 0.1) is 42.9 Å². The molecular formula is C31H43ClN6O2. The highest BCUT2D eigenvalue weighted by molar-refractivity contribution is 5.85. The summed E-state index contributed by atoms with van der Waals surface area (Å²) < 4.78 is 15.2. The quantitative estimate of drug-likeness (QED) is 0.315. The second-order valence-corrected chi connectivity index (χ2v) is 9.66. The van der Waals surface area contributed by atoms with E-state index in [1.807, 2.05) is 57.2 Å². The number of rotatable bonds is 9. The van der Waals surface area contributed by atoms with Gasteiger partial charge in [-0.05, 0) is 23.3 Å². The van der Waals surface area contributed by atoms with Gasteiger partial charge in [0.15, 0.2) is 0 Å². The minimum Gasteiger partial charge on any atom is -0.369 e. The van der Waals surface area contributed by atoms with Gasteiger partial charge in [0, 0.05) is 52.7 Å². The lowest BCUT2D eigenvalue weighted by Crippen LogP contribution is -2.53. The van der Waals surface area contributed by atoms with Gasteiger partial charge in [-0.25, -0.2) is 0 Å². The van der Waals surface area contributed by atoms with Crippen LogP contribution in [-0.2, 0) is 36.8 Å². The Morgan fingerprint density at radius 1 is 0.725 bits per heavy atom. The summed E-state index contributed by atoms with van der Waals surface area (Å²) in [6.45, 7) is 9.07. The van der Waals surface area contributed by atoms with Crippen molar-refractivity contribution >= 4 is 12.4 Å². The number of ether oxygens (including phenoxy) is 2. The molecule has 0 aliphatic carbocycles. The second kappa shape index (κ2) is 16.3. The molecule has 1 N–H and O–H groups in total. The molecule has 2 aliphatic heterocycles. The zero-order valence-corrected chi connectivity index (χ0v) is 24.8. The Balaban J connectivity index is 0.000000248. The van der Waals surface area contributed by atoms with E-state index in [2.05, 4.69) is 81.1 Å². The monoisotopic (exact) mass is 566 g/mol. The van der Waals surface area contributed by atoms with E-state index in [-0.39, 0.29) is 24.6 Å². The summed E-state index contributed by atoms with van der Waals surface area (Å²) in [5, 5.41) is 11.7. The zero-order valence-electron chi connectivity index (χ0n) is 24.0. The summed E-state index contributed by atoms with van der Waals surface area (Å²) >= 11 is 0. The molecule has 9 heteroatoms. The van der Waals surface area contributed by atoms with Crippen LogP contribution in [0.3, 0.4) is 0 Å². The Kier molecular flexibility index (Phi) is 12.8. The van der Waals surface area contributed by atoms with E-state index in [9.17, 15) is 0 Å². The van der Waals surface area contributed by atoms with E-state index in [1.54, 1.807) is 4.68 Å². The molecule has 216 valence electrons. The molecular weight excluding hydrogens is 524 g/mol. The van der Waals surface area contributed by atoms with Crippen LogP contribution in [0.25, 0.3) is 0 Å². The summed E-state index contributed by atoms with van der Waals surface area (Å²) in [4.78, 5) is 2.48. The molecule has 0 atom stereocenters. The third kappa shape index (κ3) is 9.01. The van der Waals surface area contributed by atoms with Crippen molar-refractivity contribution < 1.29 is 9.47 Å². The van der Waals surface area contributed by atoms with Crippen LogP contribution >= 0.6 is 12.4 Å². The predicted molar refractivity (Wildman–Crippen MR) is 161 cm³/mol. The number of nitrogens with one attached hydrogen (secondary N) is 1. The van der Waals surface area contributed by atoms with Gasteiger partial charge in [-0.3, -0.25) is 14.3 Å². The fraction of sp³-hybridized carbons (Fsp3) is 0.419. The highest BCUT2D eigenvalue weighted by atomic mass is 35.5. The van der Waals surface area contributed by atoms with Gasteiger partial charge in [-0.15, -0.1) is 12.4 Å². The maximum absolute atomic E-state index is 6.01. The van der Waals surface area contributed by atoms with E-state index in [0.717, 1.165) is 37.6 Å². The molecule has 6 rings (SSSR count).